The highest BCUT2D eigenvalue weighted by atomic mass is 32.2. The second-order valence-corrected chi connectivity index (χ2v) is 9.76. The fourth-order valence-electron chi connectivity index (χ4n) is 3.58. The van der Waals surface area contributed by atoms with Crippen molar-refractivity contribution in [2.24, 2.45) is 0 Å². The van der Waals surface area contributed by atoms with Gasteiger partial charge < -0.3 is 0 Å². The predicted molar refractivity (Wildman–Crippen MR) is 125 cm³/mol. The first kappa shape index (κ1) is 21.1. The molecule has 1 heterocycles. The van der Waals surface area contributed by atoms with Crippen molar-refractivity contribution in [1.82, 2.24) is 0 Å². The van der Waals surface area contributed by atoms with E-state index in [0.717, 1.165) is 41.9 Å². The summed E-state index contributed by atoms with van der Waals surface area (Å²) in [5, 5.41) is 0. The highest BCUT2D eigenvalue weighted by Gasteiger charge is 2.27. The molecule has 30 heavy (non-hydrogen) atoms. The van der Waals surface area contributed by atoms with E-state index in [4.69, 9.17) is 0 Å². The molecule has 0 aliphatic carbocycles. The van der Waals surface area contributed by atoms with Crippen molar-refractivity contribution in [3.05, 3.63) is 83.2 Å². The Kier molecular flexibility index (Phi) is 6.59. The van der Waals surface area contributed by atoms with Crippen molar-refractivity contribution in [3.8, 4) is 22.3 Å². The van der Waals surface area contributed by atoms with E-state index in [1.165, 1.54) is 46.9 Å². The molecule has 0 radical (unpaired) electrons. The summed E-state index contributed by atoms with van der Waals surface area (Å²) >= 11 is 2.96. The molecule has 0 atom stereocenters. The zero-order chi connectivity index (χ0) is 21.1. The zero-order valence-corrected chi connectivity index (χ0v) is 18.3. The van der Waals surface area contributed by atoms with Gasteiger partial charge in [-0.05, 0) is 46.9 Å². The summed E-state index contributed by atoms with van der Waals surface area (Å²) < 4.78 is 45.0. The molecule has 3 aromatic rings. The van der Waals surface area contributed by atoms with Gasteiger partial charge in [0.25, 0.3) is 4.20 Å². The molecular formula is C25H22F3S2+. The number of halogens is 3. The van der Waals surface area contributed by atoms with Crippen molar-refractivity contribution in [2.45, 2.75) is 26.2 Å². The van der Waals surface area contributed by atoms with Crippen LogP contribution in [0.25, 0.3) is 22.3 Å². The van der Waals surface area contributed by atoms with Gasteiger partial charge in [-0.2, -0.15) is 0 Å². The molecule has 1 aliphatic heterocycles. The number of thioether (sulfide) groups is 1. The topological polar surface area (TPSA) is 0 Å². The van der Waals surface area contributed by atoms with Gasteiger partial charge in [-0.25, -0.2) is 13.2 Å². The first-order chi connectivity index (χ1) is 14.6. The molecule has 0 aromatic heterocycles. The number of rotatable bonds is 5. The normalized spacial score (nSPS) is 13.9. The summed E-state index contributed by atoms with van der Waals surface area (Å²) in [6.45, 7) is 2.13. The molecule has 4 rings (SSSR count). The van der Waals surface area contributed by atoms with Crippen molar-refractivity contribution in [1.29, 1.82) is 0 Å². The smallest absolute Gasteiger partial charge is 0.206 e. The number of aryl methyl sites for hydroxylation is 1. The molecule has 0 bridgehead atoms. The van der Waals surface area contributed by atoms with Crippen LogP contribution in [0.15, 0.2) is 54.6 Å². The zero-order valence-electron chi connectivity index (χ0n) is 16.7. The Bertz CT molecular complexity index is 1070. The van der Waals surface area contributed by atoms with E-state index >= 15 is 0 Å². The second kappa shape index (κ2) is 9.36. The Morgan fingerprint density at radius 1 is 0.833 bits per heavy atom. The van der Waals surface area contributed by atoms with Gasteiger partial charge in [-0.1, -0.05) is 61.5 Å². The molecule has 0 spiro atoms. The van der Waals surface area contributed by atoms with E-state index in [1.807, 2.05) is 24.3 Å². The lowest BCUT2D eigenvalue weighted by molar-refractivity contribution is 0.580. The minimum atomic E-state index is -0.642. The van der Waals surface area contributed by atoms with Crippen LogP contribution in [-0.4, -0.2) is 15.7 Å². The monoisotopic (exact) mass is 443 g/mol. The summed E-state index contributed by atoms with van der Waals surface area (Å²) in [5.74, 6) is -0.0590. The third kappa shape index (κ3) is 4.47. The van der Waals surface area contributed by atoms with E-state index in [2.05, 4.69) is 6.92 Å². The molecule has 0 N–H and O–H groups in total. The summed E-state index contributed by atoms with van der Waals surface area (Å²) in [7, 11) is 0. The highest BCUT2D eigenvalue weighted by Crippen LogP contribution is 2.32. The van der Waals surface area contributed by atoms with Crippen molar-refractivity contribution >= 4 is 27.3 Å². The number of hydrogen-bond acceptors (Lipinski definition) is 1. The minimum absolute atomic E-state index is 0.0117. The third-order valence-electron chi connectivity index (χ3n) is 5.11. The molecule has 3 aromatic carbocycles. The summed E-state index contributed by atoms with van der Waals surface area (Å²) in [4.78, 5) is 0. The molecule has 5 heteroatoms. The lowest BCUT2D eigenvalue weighted by atomic mass is 9.97. The maximum atomic E-state index is 14.9. The van der Waals surface area contributed by atoms with Crippen LogP contribution in [-0.2, 0) is 17.8 Å². The van der Waals surface area contributed by atoms with E-state index in [-0.39, 0.29) is 16.7 Å². The summed E-state index contributed by atoms with van der Waals surface area (Å²) in [6, 6.07) is 15.3. The summed E-state index contributed by atoms with van der Waals surface area (Å²) in [6.07, 6.45) is 3.11. The first-order valence-electron chi connectivity index (χ1n) is 10.1. The molecule has 0 fully saturated rings. The van der Waals surface area contributed by atoms with Crippen LogP contribution in [0.3, 0.4) is 0 Å². The molecule has 0 saturated carbocycles. The average Bonchev–Trinajstić information content (AvgIpc) is 2.75. The number of benzene rings is 3. The highest BCUT2D eigenvalue weighted by molar-refractivity contribution is 8.23. The van der Waals surface area contributed by atoms with E-state index in [1.54, 1.807) is 12.1 Å². The standard InChI is InChI=1S/C25H22F3S2/c1-2-4-16-5-7-17(8-6-16)18-9-10-20(21(26)13-18)19-14-22(27)24(23(28)15-19)25-29-11-3-12-30-25/h5-10,13-15H,2-4,11-12H2,1H3/q+1. The van der Waals surface area contributed by atoms with Crippen molar-refractivity contribution in [2.75, 3.05) is 11.5 Å². The van der Waals surface area contributed by atoms with Crippen molar-refractivity contribution in [3.63, 3.8) is 0 Å². The van der Waals surface area contributed by atoms with Gasteiger partial charge in [0.2, 0.25) is 0 Å². The quantitative estimate of drug-likeness (QED) is 0.300. The van der Waals surface area contributed by atoms with E-state index in [0.29, 0.717) is 4.20 Å². The van der Waals surface area contributed by atoms with Gasteiger partial charge in [-0.3, -0.25) is 0 Å². The van der Waals surface area contributed by atoms with Crippen LogP contribution in [0.2, 0.25) is 0 Å². The van der Waals surface area contributed by atoms with Gasteiger partial charge in [0.05, 0.1) is 0 Å². The Balaban J connectivity index is 1.65. The predicted octanol–water partition coefficient (Wildman–Crippen LogP) is 7.09. The van der Waals surface area contributed by atoms with E-state index in [9.17, 15) is 13.2 Å². The average molecular weight is 444 g/mol. The molecule has 0 saturated heterocycles. The lowest BCUT2D eigenvalue weighted by Gasteiger charge is -2.10. The van der Waals surface area contributed by atoms with Crippen LogP contribution in [0.1, 0.15) is 30.9 Å². The summed E-state index contributed by atoms with van der Waals surface area (Å²) in [5.41, 5.74) is 3.31. The Hall–Kier alpha value is -2.11. The maximum absolute atomic E-state index is 14.9. The Labute approximate surface area is 183 Å². The Morgan fingerprint density at radius 2 is 1.50 bits per heavy atom. The van der Waals surface area contributed by atoms with Gasteiger partial charge >= 0.3 is 0 Å². The molecule has 1 aliphatic rings. The van der Waals surface area contributed by atoms with Crippen LogP contribution in [0.5, 0.6) is 0 Å². The van der Waals surface area contributed by atoms with Crippen LogP contribution in [0, 0.1) is 17.5 Å². The lowest BCUT2D eigenvalue weighted by Crippen LogP contribution is -2.11. The van der Waals surface area contributed by atoms with Gasteiger partial charge in [-0.15, -0.1) is 0 Å². The van der Waals surface area contributed by atoms with Gasteiger partial charge in [0, 0.05) is 17.7 Å². The first-order valence-corrected chi connectivity index (χ1v) is 12.0. The number of hydrogen-bond donors (Lipinski definition) is 0. The van der Waals surface area contributed by atoms with Crippen molar-refractivity contribution < 1.29 is 13.2 Å². The molecule has 154 valence electrons. The third-order valence-corrected chi connectivity index (χ3v) is 7.73. The van der Waals surface area contributed by atoms with Gasteiger partial charge in [0.1, 0.15) is 23.0 Å². The molecule has 0 unspecified atom stereocenters. The Morgan fingerprint density at radius 3 is 2.10 bits per heavy atom. The van der Waals surface area contributed by atoms with Gasteiger partial charge in [0.15, 0.2) is 17.1 Å². The van der Waals surface area contributed by atoms with Crippen LogP contribution < -0.4 is 0 Å². The van der Waals surface area contributed by atoms with E-state index < -0.39 is 17.5 Å². The molecular weight excluding hydrogens is 421 g/mol. The fraction of sp³-hybridized carbons (Fsp3) is 0.240. The van der Waals surface area contributed by atoms with Crippen LogP contribution in [0.4, 0.5) is 13.2 Å². The second-order valence-electron chi connectivity index (χ2n) is 7.29. The SMILES string of the molecule is CCCc1ccc(-c2ccc(-c3cc(F)c(C4=[S+]CCCS4)c(F)c3)c(F)c2)cc1. The maximum Gasteiger partial charge on any atom is 0.270 e. The molecule has 0 amide bonds. The van der Waals surface area contributed by atoms with Crippen LogP contribution >= 0.6 is 11.8 Å². The molecule has 0 nitrogen and oxygen atoms in total. The minimum Gasteiger partial charge on any atom is -0.206 e. The fourth-order valence-corrected chi connectivity index (χ4v) is 6.22. The largest absolute Gasteiger partial charge is 0.270 e.